The number of hydrogen-bond donors (Lipinski definition) is 1. The molecule has 1 aliphatic rings. The molecule has 0 unspecified atom stereocenters. The number of aromatic nitrogens is 5. The molecule has 3 aromatic heterocycles. The third kappa shape index (κ3) is 2.71. The Labute approximate surface area is 140 Å². The smallest absolute Gasteiger partial charge is 0.164 e. The maximum Gasteiger partial charge on any atom is 0.164 e. The molecule has 1 atom stereocenters. The molecule has 124 valence electrons. The summed E-state index contributed by atoms with van der Waals surface area (Å²) in [6.07, 6.45) is 7.74. The number of rotatable bonds is 4. The summed E-state index contributed by atoms with van der Waals surface area (Å²) in [5.41, 5.74) is 2.76. The van der Waals surface area contributed by atoms with E-state index in [-0.39, 0.29) is 6.04 Å². The maximum atomic E-state index is 5.25. The van der Waals surface area contributed by atoms with E-state index in [0.29, 0.717) is 5.82 Å². The van der Waals surface area contributed by atoms with E-state index >= 15 is 0 Å². The van der Waals surface area contributed by atoms with Crippen LogP contribution >= 0.6 is 0 Å². The SMILES string of the molecule is Cc1noc(C)c1-c1nccc([C@@H]2CCCN2Cc2ncc[nH]2)n1. The molecule has 0 spiro atoms. The van der Waals surface area contributed by atoms with Crippen molar-refractivity contribution in [3.8, 4) is 11.4 Å². The summed E-state index contributed by atoms with van der Waals surface area (Å²) in [4.78, 5) is 19.2. The van der Waals surface area contributed by atoms with Crippen LogP contribution in [0.15, 0.2) is 29.2 Å². The molecule has 0 aromatic carbocycles. The van der Waals surface area contributed by atoms with Gasteiger partial charge in [-0.1, -0.05) is 5.16 Å². The van der Waals surface area contributed by atoms with Crippen LogP contribution in [0.3, 0.4) is 0 Å². The molecule has 0 aliphatic carbocycles. The van der Waals surface area contributed by atoms with E-state index in [0.717, 1.165) is 54.5 Å². The molecule has 0 radical (unpaired) electrons. The third-order valence-electron chi connectivity index (χ3n) is 4.55. The van der Waals surface area contributed by atoms with Gasteiger partial charge >= 0.3 is 0 Å². The van der Waals surface area contributed by atoms with Gasteiger partial charge in [0.2, 0.25) is 0 Å². The van der Waals surface area contributed by atoms with Gasteiger partial charge in [0.25, 0.3) is 0 Å². The predicted molar refractivity (Wildman–Crippen MR) is 88.0 cm³/mol. The summed E-state index contributed by atoms with van der Waals surface area (Å²) in [6, 6.07) is 2.30. The van der Waals surface area contributed by atoms with E-state index in [9.17, 15) is 0 Å². The first-order valence-corrected chi connectivity index (χ1v) is 8.21. The van der Waals surface area contributed by atoms with Gasteiger partial charge in [0, 0.05) is 18.6 Å². The van der Waals surface area contributed by atoms with Gasteiger partial charge in [-0.25, -0.2) is 15.0 Å². The Balaban J connectivity index is 1.63. The molecule has 1 fully saturated rings. The van der Waals surface area contributed by atoms with Crippen LogP contribution in [-0.2, 0) is 6.54 Å². The summed E-state index contributed by atoms with van der Waals surface area (Å²) >= 11 is 0. The van der Waals surface area contributed by atoms with Crippen molar-refractivity contribution in [3.05, 3.63) is 47.6 Å². The first-order valence-electron chi connectivity index (χ1n) is 8.21. The first-order chi connectivity index (χ1) is 11.7. The topological polar surface area (TPSA) is 83.7 Å². The molecular weight excluding hydrogens is 304 g/mol. The molecule has 0 bridgehead atoms. The zero-order valence-corrected chi connectivity index (χ0v) is 13.9. The lowest BCUT2D eigenvalue weighted by molar-refractivity contribution is 0.239. The highest BCUT2D eigenvalue weighted by molar-refractivity contribution is 5.59. The summed E-state index contributed by atoms with van der Waals surface area (Å²) < 4.78 is 5.25. The molecule has 4 rings (SSSR count). The van der Waals surface area contributed by atoms with Gasteiger partial charge in [-0.05, 0) is 39.3 Å². The van der Waals surface area contributed by atoms with Crippen molar-refractivity contribution in [1.82, 2.24) is 30.0 Å². The summed E-state index contributed by atoms with van der Waals surface area (Å²) in [5, 5.41) is 4.01. The summed E-state index contributed by atoms with van der Waals surface area (Å²) in [6.45, 7) is 5.67. The fourth-order valence-electron chi connectivity index (χ4n) is 3.41. The minimum Gasteiger partial charge on any atom is -0.361 e. The Morgan fingerprint density at radius 1 is 1.29 bits per heavy atom. The number of H-pyrrole nitrogens is 1. The van der Waals surface area contributed by atoms with E-state index in [1.165, 1.54) is 0 Å². The Hall–Kier alpha value is -2.54. The van der Waals surface area contributed by atoms with Gasteiger partial charge in [-0.3, -0.25) is 4.90 Å². The van der Waals surface area contributed by atoms with Crippen LogP contribution < -0.4 is 0 Å². The summed E-state index contributed by atoms with van der Waals surface area (Å²) in [5.74, 6) is 2.43. The third-order valence-corrected chi connectivity index (χ3v) is 4.55. The lowest BCUT2D eigenvalue weighted by atomic mass is 10.1. The fraction of sp³-hybridized carbons (Fsp3) is 0.412. The first kappa shape index (κ1) is 15.0. The van der Waals surface area contributed by atoms with Crippen molar-refractivity contribution >= 4 is 0 Å². The average molecular weight is 324 g/mol. The Morgan fingerprint density at radius 3 is 2.96 bits per heavy atom. The van der Waals surface area contributed by atoms with Gasteiger partial charge in [0.15, 0.2) is 5.82 Å². The average Bonchev–Trinajstić information content (AvgIpc) is 3.31. The molecule has 24 heavy (non-hydrogen) atoms. The Morgan fingerprint density at radius 2 is 2.21 bits per heavy atom. The molecule has 1 saturated heterocycles. The van der Waals surface area contributed by atoms with E-state index in [2.05, 4.69) is 25.0 Å². The number of hydrogen-bond acceptors (Lipinski definition) is 6. The molecular formula is C17H20N6O. The van der Waals surface area contributed by atoms with Gasteiger partial charge in [-0.2, -0.15) is 0 Å². The number of nitrogens with one attached hydrogen (secondary N) is 1. The lowest BCUT2D eigenvalue weighted by Crippen LogP contribution is -2.24. The largest absolute Gasteiger partial charge is 0.361 e. The van der Waals surface area contributed by atoms with Crippen LogP contribution in [0.25, 0.3) is 11.4 Å². The van der Waals surface area contributed by atoms with Crippen LogP contribution in [-0.4, -0.2) is 36.5 Å². The molecule has 1 aliphatic heterocycles. The number of aromatic amines is 1. The quantitative estimate of drug-likeness (QED) is 0.794. The van der Waals surface area contributed by atoms with E-state index in [4.69, 9.17) is 9.51 Å². The number of aryl methyl sites for hydroxylation is 2. The minimum absolute atomic E-state index is 0.289. The maximum absolute atomic E-state index is 5.25. The number of imidazole rings is 1. The van der Waals surface area contributed by atoms with Crippen LogP contribution in [0.2, 0.25) is 0 Å². The molecule has 7 nitrogen and oxygen atoms in total. The zero-order chi connectivity index (χ0) is 16.5. The van der Waals surface area contributed by atoms with Crippen LogP contribution in [0, 0.1) is 13.8 Å². The second kappa shape index (κ2) is 6.16. The van der Waals surface area contributed by atoms with Gasteiger partial charge in [0.1, 0.15) is 11.6 Å². The van der Waals surface area contributed by atoms with Crippen molar-refractivity contribution in [1.29, 1.82) is 0 Å². The molecule has 3 aromatic rings. The highest BCUT2D eigenvalue weighted by Gasteiger charge is 2.28. The number of nitrogens with zero attached hydrogens (tertiary/aromatic N) is 5. The van der Waals surface area contributed by atoms with Crippen molar-refractivity contribution in [2.24, 2.45) is 0 Å². The molecule has 0 saturated carbocycles. The standard InChI is InChI=1S/C17H20N6O/c1-11-16(12(2)24-22-11)17-20-6-5-13(21-17)14-4-3-9-23(14)10-15-18-7-8-19-15/h5-8,14H,3-4,9-10H2,1-2H3,(H,18,19)/t14-/m0/s1. The zero-order valence-electron chi connectivity index (χ0n) is 13.9. The van der Waals surface area contributed by atoms with Gasteiger partial charge in [-0.15, -0.1) is 0 Å². The van der Waals surface area contributed by atoms with Crippen molar-refractivity contribution in [3.63, 3.8) is 0 Å². The molecule has 4 heterocycles. The summed E-state index contributed by atoms with van der Waals surface area (Å²) in [7, 11) is 0. The highest BCUT2D eigenvalue weighted by Crippen LogP contribution is 2.33. The fourth-order valence-corrected chi connectivity index (χ4v) is 3.41. The second-order valence-corrected chi connectivity index (χ2v) is 6.17. The van der Waals surface area contributed by atoms with Crippen molar-refractivity contribution < 1.29 is 4.52 Å². The highest BCUT2D eigenvalue weighted by atomic mass is 16.5. The van der Waals surface area contributed by atoms with Gasteiger partial charge in [0.05, 0.1) is 29.5 Å². The Bertz CT molecular complexity index is 806. The molecule has 1 N–H and O–H groups in total. The van der Waals surface area contributed by atoms with Crippen LogP contribution in [0.4, 0.5) is 0 Å². The van der Waals surface area contributed by atoms with Crippen LogP contribution in [0.1, 0.15) is 41.9 Å². The van der Waals surface area contributed by atoms with E-state index in [1.807, 2.05) is 32.3 Å². The van der Waals surface area contributed by atoms with E-state index < -0.39 is 0 Å². The van der Waals surface area contributed by atoms with Crippen LogP contribution in [0.5, 0.6) is 0 Å². The molecule has 0 amide bonds. The normalized spacial score (nSPS) is 18.3. The van der Waals surface area contributed by atoms with E-state index in [1.54, 1.807) is 6.20 Å². The molecule has 7 heteroatoms. The Kier molecular flexibility index (Phi) is 3.86. The number of likely N-dealkylation sites (tertiary alicyclic amines) is 1. The monoisotopic (exact) mass is 324 g/mol. The second-order valence-electron chi connectivity index (χ2n) is 6.17. The predicted octanol–water partition coefficient (Wildman–Crippen LogP) is 2.81. The minimum atomic E-state index is 0.289. The van der Waals surface area contributed by atoms with Gasteiger partial charge < -0.3 is 9.51 Å². The lowest BCUT2D eigenvalue weighted by Gasteiger charge is -2.23. The van der Waals surface area contributed by atoms with Crippen molar-refractivity contribution in [2.75, 3.05) is 6.54 Å². The van der Waals surface area contributed by atoms with Crippen molar-refractivity contribution in [2.45, 2.75) is 39.3 Å².